The van der Waals surface area contributed by atoms with E-state index in [0.29, 0.717) is 6.32 Å². The van der Waals surface area contributed by atoms with Crippen molar-refractivity contribution in [1.29, 1.82) is 0 Å². The van der Waals surface area contributed by atoms with Crippen LogP contribution in [-0.2, 0) is 15.6 Å². The summed E-state index contributed by atoms with van der Waals surface area (Å²) in [7, 11) is -0.258. The standard InChI is InChI=1S/C19H23BClNO2/c1-13-17(15-7-6-8-16(21)10-15)9-14(12-22-13)11-20-23-18(2,3)19(4,5)24-20/h6-10,12H,11H2,1-5H3. The van der Waals surface area contributed by atoms with E-state index in [1.807, 2.05) is 31.3 Å². The summed E-state index contributed by atoms with van der Waals surface area (Å²) in [5, 5.41) is 0.725. The number of aromatic nitrogens is 1. The molecule has 0 bridgehead atoms. The number of benzene rings is 1. The second-order valence-electron chi connectivity index (χ2n) is 7.38. The Bertz CT molecular complexity index is 745. The first-order valence-electron chi connectivity index (χ1n) is 8.25. The van der Waals surface area contributed by atoms with Crippen LogP contribution in [-0.4, -0.2) is 23.3 Å². The SMILES string of the molecule is Cc1ncc(CB2OC(C)(C)C(C)(C)O2)cc1-c1cccc(Cl)c1. The Labute approximate surface area is 149 Å². The lowest BCUT2D eigenvalue weighted by atomic mass is 9.80. The van der Waals surface area contributed by atoms with E-state index >= 15 is 0 Å². The van der Waals surface area contributed by atoms with Crippen molar-refractivity contribution in [3.8, 4) is 11.1 Å². The highest BCUT2D eigenvalue weighted by Gasteiger charge is 2.50. The van der Waals surface area contributed by atoms with Crippen molar-refractivity contribution in [3.63, 3.8) is 0 Å². The molecule has 1 aliphatic heterocycles. The van der Waals surface area contributed by atoms with Crippen LogP contribution in [0.4, 0.5) is 0 Å². The van der Waals surface area contributed by atoms with Crippen LogP contribution in [0.1, 0.15) is 39.0 Å². The molecule has 0 unspecified atom stereocenters. The van der Waals surface area contributed by atoms with Crippen LogP contribution in [0.2, 0.25) is 5.02 Å². The maximum absolute atomic E-state index is 6.13. The summed E-state index contributed by atoms with van der Waals surface area (Å²) in [6, 6.07) is 10.00. The molecule has 1 aromatic carbocycles. The summed E-state index contributed by atoms with van der Waals surface area (Å²) in [5.74, 6) is 0. The van der Waals surface area contributed by atoms with E-state index in [-0.39, 0.29) is 18.3 Å². The van der Waals surface area contributed by atoms with Gasteiger partial charge >= 0.3 is 7.12 Å². The van der Waals surface area contributed by atoms with Gasteiger partial charge in [-0.15, -0.1) is 0 Å². The molecule has 0 saturated carbocycles. The van der Waals surface area contributed by atoms with E-state index in [0.717, 1.165) is 27.4 Å². The van der Waals surface area contributed by atoms with Crippen molar-refractivity contribution in [2.24, 2.45) is 0 Å². The first kappa shape index (κ1) is 17.5. The predicted molar refractivity (Wildman–Crippen MR) is 99.2 cm³/mol. The fourth-order valence-electron chi connectivity index (χ4n) is 2.88. The number of hydrogen-bond acceptors (Lipinski definition) is 3. The lowest BCUT2D eigenvalue weighted by molar-refractivity contribution is 0.00578. The van der Waals surface area contributed by atoms with Gasteiger partial charge in [0.2, 0.25) is 0 Å². The molecule has 2 aromatic rings. The van der Waals surface area contributed by atoms with Crippen LogP contribution in [0.3, 0.4) is 0 Å². The molecule has 1 aliphatic rings. The lowest BCUT2D eigenvalue weighted by Crippen LogP contribution is -2.41. The molecule has 0 atom stereocenters. The second kappa shape index (κ2) is 6.18. The number of pyridine rings is 1. The van der Waals surface area contributed by atoms with Gasteiger partial charge in [-0.1, -0.05) is 23.7 Å². The van der Waals surface area contributed by atoms with E-state index in [1.165, 1.54) is 0 Å². The quantitative estimate of drug-likeness (QED) is 0.744. The Balaban J connectivity index is 1.85. The lowest BCUT2D eigenvalue weighted by Gasteiger charge is -2.32. The Hall–Kier alpha value is -1.36. The van der Waals surface area contributed by atoms with Crippen molar-refractivity contribution >= 4 is 18.7 Å². The maximum Gasteiger partial charge on any atom is 0.462 e. The number of hydrogen-bond donors (Lipinski definition) is 0. The van der Waals surface area contributed by atoms with Crippen LogP contribution in [0, 0.1) is 6.92 Å². The molecule has 0 N–H and O–H groups in total. The van der Waals surface area contributed by atoms with Crippen LogP contribution in [0.15, 0.2) is 36.5 Å². The topological polar surface area (TPSA) is 31.4 Å². The molecule has 0 radical (unpaired) electrons. The highest BCUT2D eigenvalue weighted by molar-refractivity contribution is 6.45. The first-order chi connectivity index (χ1) is 11.2. The average Bonchev–Trinajstić information content (AvgIpc) is 2.68. The Kier molecular flexibility index (Phi) is 4.50. The third kappa shape index (κ3) is 3.37. The van der Waals surface area contributed by atoms with Crippen molar-refractivity contribution in [3.05, 3.63) is 52.8 Å². The van der Waals surface area contributed by atoms with Gasteiger partial charge in [0.15, 0.2) is 0 Å². The highest BCUT2D eigenvalue weighted by atomic mass is 35.5. The van der Waals surface area contributed by atoms with Crippen LogP contribution < -0.4 is 0 Å². The first-order valence-corrected chi connectivity index (χ1v) is 8.63. The van der Waals surface area contributed by atoms with Crippen molar-refractivity contribution in [2.75, 3.05) is 0 Å². The summed E-state index contributed by atoms with van der Waals surface area (Å²) in [4.78, 5) is 4.55. The Morgan fingerprint density at radius 2 is 1.75 bits per heavy atom. The smallest absolute Gasteiger partial charge is 0.403 e. The Morgan fingerprint density at radius 3 is 2.38 bits per heavy atom. The van der Waals surface area contributed by atoms with Crippen LogP contribution in [0.5, 0.6) is 0 Å². The van der Waals surface area contributed by atoms with Crippen molar-refractivity contribution in [2.45, 2.75) is 52.1 Å². The molecule has 5 heteroatoms. The van der Waals surface area contributed by atoms with Crippen molar-refractivity contribution in [1.82, 2.24) is 4.98 Å². The van der Waals surface area contributed by atoms with E-state index in [2.05, 4.69) is 44.8 Å². The van der Waals surface area contributed by atoms with Gasteiger partial charge in [-0.3, -0.25) is 4.98 Å². The zero-order chi connectivity index (χ0) is 17.5. The van der Waals surface area contributed by atoms with Gasteiger partial charge in [-0.05, 0) is 63.9 Å². The van der Waals surface area contributed by atoms with Crippen molar-refractivity contribution < 1.29 is 9.31 Å². The van der Waals surface area contributed by atoms with E-state index in [1.54, 1.807) is 0 Å². The third-order valence-corrected chi connectivity index (χ3v) is 5.22. The van der Waals surface area contributed by atoms with Crippen LogP contribution >= 0.6 is 11.6 Å². The molecule has 126 valence electrons. The molecule has 1 saturated heterocycles. The molecule has 1 aromatic heterocycles. The number of nitrogens with zero attached hydrogens (tertiary/aromatic N) is 1. The second-order valence-corrected chi connectivity index (χ2v) is 7.81. The monoisotopic (exact) mass is 343 g/mol. The van der Waals surface area contributed by atoms with Gasteiger partial charge in [0, 0.05) is 28.8 Å². The van der Waals surface area contributed by atoms with Gasteiger partial charge in [-0.2, -0.15) is 0 Å². The molecule has 0 aliphatic carbocycles. The average molecular weight is 344 g/mol. The minimum absolute atomic E-state index is 0.258. The van der Waals surface area contributed by atoms with Gasteiger partial charge in [-0.25, -0.2) is 0 Å². The van der Waals surface area contributed by atoms with Gasteiger partial charge in [0.25, 0.3) is 0 Å². The minimum Gasteiger partial charge on any atom is -0.403 e. The van der Waals surface area contributed by atoms with Crippen LogP contribution in [0.25, 0.3) is 11.1 Å². The number of aryl methyl sites for hydroxylation is 1. The normalized spacial score (nSPS) is 18.8. The van der Waals surface area contributed by atoms with Gasteiger partial charge in [0.1, 0.15) is 0 Å². The van der Waals surface area contributed by atoms with Gasteiger partial charge in [0.05, 0.1) is 11.2 Å². The molecule has 24 heavy (non-hydrogen) atoms. The largest absolute Gasteiger partial charge is 0.462 e. The summed E-state index contributed by atoms with van der Waals surface area (Å²) >= 11 is 6.13. The fourth-order valence-corrected chi connectivity index (χ4v) is 3.07. The van der Waals surface area contributed by atoms with E-state index < -0.39 is 0 Å². The highest BCUT2D eigenvalue weighted by Crippen LogP contribution is 2.37. The number of rotatable bonds is 3. The minimum atomic E-state index is -0.314. The molecule has 0 amide bonds. The van der Waals surface area contributed by atoms with Gasteiger partial charge < -0.3 is 9.31 Å². The molecule has 3 nitrogen and oxygen atoms in total. The fraction of sp³-hybridized carbons (Fsp3) is 0.421. The molecule has 2 heterocycles. The zero-order valence-corrected chi connectivity index (χ0v) is 15.6. The summed E-state index contributed by atoms with van der Waals surface area (Å²) in [6.45, 7) is 10.3. The maximum atomic E-state index is 6.13. The number of halogens is 1. The zero-order valence-electron chi connectivity index (χ0n) is 14.9. The van der Waals surface area contributed by atoms with E-state index in [9.17, 15) is 0 Å². The summed E-state index contributed by atoms with van der Waals surface area (Å²) in [6.07, 6.45) is 2.57. The summed E-state index contributed by atoms with van der Waals surface area (Å²) in [5.41, 5.74) is 3.61. The molecule has 0 spiro atoms. The predicted octanol–water partition coefficient (Wildman–Crippen LogP) is 4.88. The molecule has 3 rings (SSSR count). The Morgan fingerprint density at radius 1 is 1.08 bits per heavy atom. The molecular weight excluding hydrogens is 320 g/mol. The molecular formula is C19H23BClNO2. The van der Waals surface area contributed by atoms with E-state index in [4.69, 9.17) is 20.9 Å². The third-order valence-electron chi connectivity index (χ3n) is 4.98. The summed E-state index contributed by atoms with van der Waals surface area (Å²) < 4.78 is 12.2. The molecule has 1 fully saturated rings.